The molecule has 1 N–H and O–H groups in total. The fourth-order valence-electron chi connectivity index (χ4n) is 4.02. The van der Waals surface area contributed by atoms with Gasteiger partial charge in [-0.1, -0.05) is 28.6 Å². The molecule has 3 heterocycles. The quantitative estimate of drug-likeness (QED) is 0.342. The number of nitrogens with one attached hydrogen (secondary N) is 1. The van der Waals surface area contributed by atoms with Gasteiger partial charge in [-0.15, -0.1) is 0 Å². The molecule has 2 aromatic rings. The molecule has 2 aliphatic rings. The van der Waals surface area contributed by atoms with Gasteiger partial charge in [-0.05, 0) is 25.0 Å². The van der Waals surface area contributed by atoms with Crippen LogP contribution in [0.5, 0.6) is 0 Å². The average Bonchev–Trinajstić information content (AvgIpc) is 3.56. The van der Waals surface area contributed by atoms with Gasteiger partial charge in [0.2, 0.25) is 20.0 Å². The predicted molar refractivity (Wildman–Crippen MR) is 138 cm³/mol. The van der Waals surface area contributed by atoms with E-state index in [0.29, 0.717) is 31.0 Å². The van der Waals surface area contributed by atoms with E-state index in [1.807, 2.05) is 0 Å². The maximum Gasteiger partial charge on any atom is 0.280 e. The van der Waals surface area contributed by atoms with Crippen LogP contribution in [-0.2, 0) is 34.4 Å². The summed E-state index contributed by atoms with van der Waals surface area (Å²) < 4.78 is 72.2. The van der Waals surface area contributed by atoms with Crippen molar-refractivity contribution in [3.05, 3.63) is 41.2 Å². The van der Waals surface area contributed by atoms with E-state index in [1.54, 1.807) is 0 Å². The standard InChI is InChI=1S/C22H28FN5O7S3/c1-27(2)37(30,31)18-7-10-28(11-8-18)38(32,33)17-5-3-15(4-6-17)20(26-35-16-9-12-34-14-16)21(29)25-22-24-13-19(23)36-22/h3-6,13,16,18H,7-12,14H2,1-2H3,(H,24,25,29)/b26-20+/t16-/m1/s1. The van der Waals surface area contributed by atoms with Crippen LogP contribution in [0.2, 0.25) is 0 Å². The Morgan fingerprint density at radius 1 is 1.18 bits per heavy atom. The molecule has 0 unspecified atom stereocenters. The summed E-state index contributed by atoms with van der Waals surface area (Å²) in [6.07, 6.45) is 1.61. The molecule has 16 heteroatoms. The minimum Gasteiger partial charge on any atom is -0.389 e. The third-order valence-electron chi connectivity index (χ3n) is 6.19. The lowest BCUT2D eigenvalue weighted by Crippen LogP contribution is -2.45. The second-order valence-corrected chi connectivity index (χ2v) is 14.3. The van der Waals surface area contributed by atoms with Crippen molar-refractivity contribution in [2.45, 2.75) is 35.5 Å². The van der Waals surface area contributed by atoms with E-state index in [-0.39, 0.29) is 53.3 Å². The molecule has 2 aliphatic heterocycles. The van der Waals surface area contributed by atoms with Crippen LogP contribution in [0.3, 0.4) is 0 Å². The lowest BCUT2D eigenvalue weighted by molar-refractivity contribution is -0.110. The second kappa shape index (κ2) is 11.7. The number of halogens is 1. The molecule has 12 nitrogen and oxygen atoms in total. The number of sulfonamides is 2. The molecule has 1 aromatic carbocycles. The molecule has 38 heavy (non-hydrogen) atoms. The molecule has 1 atom stereocenters. The zero-order valence-electron chi connectivity index (χ0n) is 20.7. The van der Waals surface area contributed by atoms with Crippen LogP contribution in [0.25, 0.3) is 0 Å². The van der Waals surface area contributed by atoms with Gasteiger partial charge in [0.25, 0.3) is 5.91 Å². The lowest BCUT2D eigenvalue weighted by atomic mass is 10.1. The maximum absolute atomic E-state index is 13.3. The fourth-order valence-corrected chi connectivity index (χ4v) is 7.43. The van der Waals surface area contributed by atoms with E-state index < -0.39 is 36.3 Å². The van der Waals surface area contributed by atoms with Gasteiger partial charge in [0, 0.05) is 39.2 Å². The number of rotatable bonds is 9. The molecule has 1 aromatic heterocycles. The van der Waals surface area contributed by atoms with E-state index in [9.17, 15) is 26.0 Å². The van der Waals surface area contributed by atoms with Crippen LogP contribution in [0.15, 0.2) is 40.5 Å². The van der Waals surface area contributed by atoms with Gasteiger partial charge in [-0.2, -0.15) is 8.70 Å². The summed E-state index contributed by atoms with van der Waals surface area (Å²) in [4.78, 5) is 22.1. The number of benzene rings is 1. The first-order valence-electron chi connectivity index (χ1n) is 11.7. The largest absolute Gasteiger partial charge is 0.389 e. The monoisotopic (exact) mass is 589 g/mol. The smallest absolute Gasteiger partial charge is 0.280 e. The van der Waals surface area contributed by atoms with Gasteiger partial charge >= 0.3 is 0 Å². The Morgan fingerprint density at radius 3 is 2.42 bits per heavy atom. The number of carbonyl (C=O) groups is 1. The van der Waals surface area contributed by atoms with E-state index in [1.165, 1.54) is 42.7 Å². The van der Waals surface area contributed by atoms with Crippen LogP contribution >= 0.6 is 11.3 Å². The zero-order chi connectivity index (χ0) is 27.5. The number of carbonyl (C=O) groups excluding carboxylic acids is 1. The van der Waals surface area contributed by atoms with E-state index in [0.717, 1.165) is 10.5 Å². The maximum atomic E-state index is 13.3. The van der Waals surface area contributed by atoms with Crippen molar-refractivity contribution in [3.8, 4) is 0 Å². The Hall–Kier alpha value is -2.50. The van der Waals surface area contributed by atoms with Crippen molar-refractivity contribution >= 4 is 48.1 Å². The number of ether oxygens (including phenoxy) is 1. The van der Waals surface area contributed by atoms with Crippen molar-refractivity contribution in [3.63, 3.8) is 0 Å². The van der Waals surface area contributed by atoms with Crippen LogP contribution < -0.4 is 5.32 Å². The van der Waals surface area contributed by atoms with Crippen molar-refractivity contribution in [1.29, 1.82) is 0 Å². The Kier molecular flexibility index (Phi) is 8.78. The van der Waals surface area contributed by atoms with E-state index >= 15 is 0 Å². The van der Waals surface area contributed by atoms with Crippen LogP contribution in [0, 0.1) is 5.13 Å². The molecule has 208 valence electrons. The fraction of sp³-hybridized carbons (Fsp3) is 0.500. The van der Waals surface area contributed by atoms with Crippen molar-refractivity contribution in [1.82, 2.24) is 13.6 Å². The Morgan fingerprint density at radius 2 is 1.87 bits per heavy atom. The summed E-state index contributed by atoms with van der Waals surface area (Å²) >= 11 is 0.646. The molecular weight excluding hydrogens is 561 g/mol. The number of amides is 1. The van der Waals surface area contributed by atoms with E-state index in [4.69, 9.17) is 9.57 Å². The number of oxime groups is 1. The van der Waals surface area contributed by atoms with Gasteiger partial charge in [0.1, 0.15) is 0 Å². The molecule has 2 fully saturated rings. The Labute approximate surface area is 224 Å². The van der Waals surface area contributed by atoms with Crippen molar-refractivity contribution in [2.24, 2.45) is 5.16 Å². The number of nitrogens with zero attached hydrogens (tertiary/aromatic N) is 4. The SMILES string of the molecule is CN(C)S(=O)(=O)C1CCN(S(=O)(=O)c2ccc(/C(=N\O[C@@H]3CCOC3)C(=O)Nc3ncc(F)s3)cc2)CC1. The topological polar surface area (TPSA) is 148 Å². The third kappa shape index (κ3) is 6.38. The Bertz CT molecular complexity index is 1380. The molecule has 1 amide bonds. The number of piperidine rings is 1. The second-order valence-electron chi connectivity index (χ2n) is 8.91. The van der Waals surface area contributed by atoms with Gasteiger partial charge in [0.05, 0.1) is 29.6 Å². The molecular formula is C22H28FN5O7S3. The highest BCUT2D eigenvalue weighted by molar-refractivity contribution is 7.90. The molecule has 2 saturated heterocycles. The summed E-state index contributed by atoms with van der Waals surface area (Å²) in [5, 5.41) is 5.28. The number of hydrogen-bond acceptors (Lipinski definition) is 10. The number of hydrogen-bond donors (Lipinski definition) is 1. The normalized spacial score (nSPS) is 20.1. The third-order valence-corrected chi connectivity index (χ3v) is 11.1. The van der Waals surface area contributed by atoms with Crippen molar-refractivity contribution < 1.29 is 35.6 Å². The van der Waals surface area contributed by atoms with Crippen LogP contribution in [-0.4, -0.2) is 93.8 Å². The van der Waals surface area contributed by atoms with Gasteiger partial charge < -0.3 is 9.57 Å². The van der Waals surface area contributed by atoms with Crippen LogP contribution in [0.4, 0.5) is 9.52 Å². The molecule has 0 saturated carbocycles. The number of aromatic nitrogens is 1. The van der Waals surface area contributed by atoms with Gasteiger partial charge in [-0.25, -0.2) is 26.1 Å². The van der Waals surface area contributed by atoms with Crippen molar-refractivity contribution in [2.75, 3.05) is 45.7 Å². The highest BCUT2D eigenvalue weighted by Gasteiger charge is 2.36. The summed E-state index contributed by atoms with van der Waals surface area (Å²) in [6.45, 7) is 0.960. The van der Waals surface area contributed by atoms with Gasteiger partial charge in [-0.3, -0.25) is 10.1 Å². The van der Waals surface area contributed by atoms with Crippen LogP contribution in [0.1, 0.15) is 24.8 Å². The molecule has 0 spiro atoms. The first-order valence-corrected chi connectivity index (χ1v) is 15.5. The lowest BCUT2D eigenvalue weighted by Gasteiger charge is -2.32. The van der Waals surface area contributed by atoms with Gasteiger partial charge in [0.15, 0.2) is 22.1 Å². The summed E-state index contributed by atoms with van der Waals surface area (Å²) in [5.41, 5.74) is 0.124. The summed E-state index contributed by atoms with van der Waals surface area (Å²) in [5.74, 6) is -0.710. The first kappa shape index (κ1) is 28.5. The molecule has 0 bridgehead atoms. The summed E-state index contributed by atoms with van der Waals surface area (Å²) in [6, 6.07) is 5.53. The minimum atomic E-state index is -3.90. The number of anilines is 1. The number of thiazole rings is 1. The molecule has 0 aliphatic carbocycles. The average molecular weight is 590 g/mol. The van der Waals surface area contributed by atoms with E-state index in [2.05, 4.69) is 15.5 Å². The summed E-state index contributed by atoms with van der Waals surface area (Å²) in [7, 11) is -4.46. The zero-order valence-corrected chi connectivity index (χ0v) is 23.2. The minimum absolute atomic E-state index is 0.0120. The first-order chi connectivity index (χ1) is 18.0. The predicted octanol–water partition coefficient (Wildman–Crippen LogP) is 1.48. The highest BCUT2D eigenvalue weighted by atomic mass is 32.2. The Balaban J connectivity index is 1.51. The molecule has 4 rings (SSSR count). The highest BCUT2D eigenvalue weighted by Crippen LogP contribution is 2.25. The molecule has 0 radical (unpaired) electrons.